The summed E-state index contributed by atoms with van der Waals surface area (Å²) in [4.78, 5) is 0. The van der Waals surface area contributed by atoms with E-state index in [1.54, 1.807) is 12.8 Å². The van der Waals surface area contributed by atoms with Crippen molar-refractivity contribution in [1.29, 1.82) is 0 Å². The van der Waals surface area contributed by atoms with Gasteiger partial charge in [-0.15, -0.1) is 0 Å². The van der Waals surface area contributed by atoms with Crippen LogP contribution in [0.25, 0.3) is 0 Å². The van der Waals surface area contributed by atoms with Gasteiger partial charge >= 0.3 is 0 Å². The van der Waals surface area contributed by atoms with Gasteiger partial charge in [-0.05, 0) is 49.9 Å². The molecule has 0 amide bonds. The lowest BCUT2D eigenvalue weighted by atomic mass is 9.86. The minimum absolute atomic E-state index is 1.05. The van der Waals surface area contributed by atoms with E-state index in [2.05, 4.69) is 6.08 Å². The van der Waals surface area contributed by atoms with Gasteiger partial charge in [0.05, 0.1) is 0 Å². The lowest BCUT2D eigenvalue weighted by molar-refractivity contribution is 0.404. The molecule has 3 unspecified atom stereocenters. The van der Waals surface area contributed by atoms with Crippen LogP contribution in [-0.4, -0.2) is 0 Å². The molecule has 0 heteroatoms. The Kier molecular flexibility index (Phi) is 0.898. The van der Waals surface area contributed by atoms with Crippen molar-refractivity contribution in [1.82, 2.24) is 0 Å². The van der Waals surface area contributed by atoms with E-state index in [1.807, 2.05) is 5.57 Å². The first-order chi connectivity index (χ1) is 4.95. The first-order valence-corrected chi connectivity index (χ1v) is 4.65. The van der Waals surface area contributed by atoms with Gasteiger partial charge in [-0.1, -0.05) is 11.6 Å². The van der Waals surface area contributed by atoms with Crippen LogP contribution < -0.4 is 0 Å². The summed E-state index contributed by atoms with van der Waals surface area (Å²) < 4.78 is 0. The van der Waals surface area contributed by atoms with Crippen LogP contribution in [0.2, 0.25) is 0 Å². The number of fused-ring (bicyclic) bond motifs is 5. The number of hydrogen-bond donors (Lipinski definition) is 0. The zero-order chi connectivity index (χ0) is 6.55. The fourth-order valence-electron chi connectivity index (χ4n) is 3.41. The molecule has 54 valence electrons. The SMILES string of the molecule is C1=C2C3CCC(C3)C2CC1. The summed E-state index contributed by atoms with van der Waals surface area (Å²) in [5.74, 6) is 3.25. The third kappa shape index (κ3) is 0.492. The molecule has 2 fully saturated rings. The van der Waals surface area contributed by atoms with Crippen molar-refractivity contribution in [3.8, 4) is 0 Å². The van der Waals surface area contributed by atoms with E-state index < -0.39 is 0 Å². The van der Waals surface area contributed by atoms with Gasteiger partial charge in [0, 0.05) is 0 Å². The van der Waals surface area contributed by atoms with Crippen LogP contribution in [0, 0.1) is 17.8 Å². The molecule has 0 N–H and O–H groups in total. The van der Waals surface area contributed by atoms with E-state index in [4.69, 9.17) is 0 Å². The van der Waals surface area contributed by atoms with Crippen molar-refractivity contribution in [2.24, 2.45) is 17.8 Å². The minimum Gasteiger partial charge on any atom is -0.0847 e. The fourth-order valence-corrected chi connectivity index (χ4v) is 3.41. The quantitative estimate of drug-likeness (QED) is 0.447. The van der Waals surface area contributed by atoms with Gasteiger partial charge < -0.3 is 0 Å². The molecule has 0 heterocycles. The molecule has 2 saturated carbocycles. The molecule has 0 saturated heterocycles. The van der Waals surface area contributed by atoms with Crippen LogP contribution in [0.15, 0.2) is 11.6 Å². The lowest BCUT2D eigenvalue weighted by Crippen LogP contribution is -2.08. The zero-order valence-electron chi connectivity index (χ0n) is 6.34. The van der Waals surface area contributed by atoms with Crippen LogP contribution in [0.3, 0.4) is 0 Å². The minimum atomic E-state index is 1.05. The Morgan fingerprint density at radius 2 is 2.20 bits per heavy atom. The smallest absolute Gasteiger partial charge is 0.0169 e. The first kappa shape index (κ1) is 5.40. The van der Waals surface area contributed by atoms with Crippen molar-refractivity contribution < 1.29 is 0 Å². The summed E-state index contributed by atoms with van der Waals surface area (Å²) in [6, 6.07) is 0. The molecule has 3 aliphatic rings. The average Bonchev–Trinajstić information content (AvgIpc) is 2.60. The Morgan fingerprint density at radius 1 is 1.20 bits per heavy atom. The molecule has 0 spiro atoms. The molecular weight excluding hydrogens is 120 g/mol. The van der Waals surface area contributed by atoms with E-state index in [-0.39, 0.29) is 0 Å². The summed E-state index contributed by atoms with van der Waals surface area (Å²) in [6.07, 6.45) is 10.0. The molecule has 3 rings (SSSR count). The van der Waals surface area contributed by atoms with E-state index in [0.29, 0.717) is 0 Å². The van der Waals surface area contributed by atoms with Gasteiger partial charge in [0.1, 0.15) is 0 Å². The second-order valence-electron chi connectivity index (χ2n) is 4.16. The molecule has 0 aromatic heterocycles. The third-order valence-electron chi connectivity index (χ3n) is 3.80. The number of allylic oxidation sites excluding steroid dienone is 2. The normalized spacial score (nSPS) is 49.6. The van der Waals surface area contributed by atoms with Crippen molar-refractivity contribution >= 4 is 0 Å². The summed E-state index contributed by atoms with van der Waals surface area (Å²) in [7, 11) is 0. The summed E-state index contributed by atoms with van der Waals surface area (Å²) in [5, 5.41) is 0. The van der Waals surface area contributed by atoms with Gasteiger partial charge in [0.2, 0.25) is 0 Å². The highest BCUT2D eigenvalue weighted by Gasteiger charge is 2.44. The highest BCUT2D eigenvalue weighted by Crippen LogP contribution is 2.55. The Morgan fingerprint density at radius 3 is 3.10 bits per heavy atom. The van der Waals surface area contributed by atoms with Gasteiger partial charge in [-0.25, -0.2) is 0 Å². The number of hydrogen-bond acceptors (Lipinski definition) is 0. The second kappa shape index (κ2) is 1.66. The maximum Gasteiger partial charge on any atom is -0.0169 e. The molecular formula is C10H14. The summed E-state index contributed by atoms with van der Waals surface area (Å²) in [5.41, 5.74) is 1.87. The predicted octanol–water partition coefficient (Wildman–Crippen LogP) is 2.75. The van der Waals surface area contributed by atoms with Gasteiger partial charge in [0.15, 0.2) is 0 Å². The summed E-state index contributed by atoms with van der Waals surface area (Å²) in [6.45, 7) is 0. The lowest BCUT2D eigenvalue weighted by Gasteiger charge is -2.19. The maximum atomic E-state index is 2.54. The fraction of sp³-hybridized carbons (Fsp3) is 0.800. The molecule has 3 aliphatic carbocycles. The van der Waals surface area contributed by atoms with E-state index in [1.165, 1.54) is 19.3 Å². The van der Waals surface area contributed by atoms with Crippen LogP contribution in [0.4, 0.5) is 0 Å². The highest BCUT2D eigenvalue weighted by atomic mass is 14.5. The van der Waals surface area contributed by atoms with Crippen LogP contribution >= 0.6 is 0 Å². The number of rotatable bonds is 0. The van der Waals surface area contributed by atoms with Crippen molar-refractivity contribution in [2.75, 3.05) is 0 Å². The van der Waals surface area contributed by atoms with E-state index in [9.17, 15) is 0 Å². The molecule has 10 heavy (non-hydrogen) atoms. The predicted molar refractivity (Wildman–Crippen MR) is 41.6 cm³/mol. The topological polar surface area (TPSA) is 0 Å². The van der Waals surface area contributed by atoms with Gasteiger partial charge in [0.25, 0.3) is 0 Å². The monoisotopic (exact) mass is 134 g/mol. The third-order valence-corrected chi connectivity index (χ3v) is 3.80. The molecule has 0 aliphatic heterocycles. The second-order valence-corrected chi connectivity index (χ2v) is 4.16. The van der Waals surface area contributed by atoms with Crippen LogP contribution in [0.5, 0.6) is 0 Å². The van der Waals surface area contributed by atoms with Gasteiger partial charge in [-0.2, -0.15) is 0 Å². The zero-order valence-corrected chi connectivity index (χ0v) is 6.34. The Labute approximate surface area is 62.3 Å². The largest absolute Gasteiger partial charge is 0.0847 e. The van der Waals surface area contributed by atoms with Crippen molar-refractivity contribution in [2.45, 2.75) is 32.1 Å². The van der Waals surface area contributed by atoms with Crippen molar-refractivity contribution in [3.05, 3.63) is 11.6 Å². The van der Waals surface area contributed by atoms with E-state index in [0.717, 1.165) is 17.8 Å². The molecule has 0 aromatic carbocycles. The molecule has 0 aromatic rings. The molecule has 3 atom stereocenters. The maximum absolute atomic E-state index is 2.54. The molecule has 0 nitrogen and oxygen atoms in total. The molecule has 2 bridgehead atoms. The summed E-state index contributed by atoms with van der Waals surface area (Å²) >= 11 is 0. The van der Waals surface area contributed by atoms with Crippen LogP contribution in [0.1, 0.15) is 32.1 Å². The van der Waals surface area contributed by atoms with Crippen molar-refractivity contribution in [3.63, 3.8) is 0 Å². The Hall–Kier alpha value is -0.260. The first-order valence-electron chi connectivity index (χ1n) is 4.65. The highest BCUT2D eigenvalue weighted by molar-refractivity contribution is 5.24. The van der Waals surface area contributed by atoms with E-state index >= 15 is 0 Å². The standard InChI is InChI=1S/C10H14/c1-2-9-7-4-5-8(6-7)10(9)3-1/h2,7-8,10H,1,3-6H2. The average molecular weight is 134 g/mol. The Bertz CT molecular complexity index is 190. The Balaban J connectivity index is 2.03. The molecule has 0 radical (unpaired) electrons. The van der Waals surface area contributed by atoms with Gasteiger partial charge in [-0.3, -0.25) is 0 Å². The van der Waals surface area contributed by atoms with Crippen LogP contribution in [-0.2, 0) is 0 Å².